The second kappa shape index (κ2) is 6.34. The van der Waals surface area contributed by atoms with Crippen LogP contribution in [-0.2, 0) is 0 Å². The van der Waals surface area contributed by atoms with Crippen LogP contribution in [0.3, 0.4) is 0 Å². The molecule has 4 rings (SSSR count). The number of hydrogen-bond donors (Lipinski definition) is 3. The number of halogens is 1. The van der Waals surface area contributed by atoms with E-state index in [0.29, 0.717) is 16.3 Å². The molecule has 3 N–H and O–H groups in total. The van der Waals surface area contributed by atoms with Crippen molar-refractivity contribution in [1.29, 1.82) is 0 Å². The monoisotopic (exact) mass is 369 g/mol. The van der Waals surface area contributed by atoms with Gasteiger partial charge in [0.1, 0.15) is 0 Å². The molecular weight excluding hydrogens is 354 g/mol. The van der Waals surface area contributed by atoms with Crippen LogP contribution in [0.4, 0.5) is 11.4 Å². The molecule has 0 fully saturated rings. The van der Waals surface area contributed by atoms with Crippen molar-refractivity contribution in [2.45, 2.75) is 19.9 Å². The van der Waals surface area contributed by atoms with Crippen molar-refractivity contribution < 1.29 is 9.21 Å². The number of aromatic amines is 1. The molecule has 0 bridgehead atoms. The Labute approximate surface area is 153 Å². The Hall–Kier alpha value is -3.06. The summed E-state index contributed by atoms with van der Waals surface area (Å²) in [6.07, 6.45) is 4.92. The Kier molecular flexibility index (Phi) is 4.00. The number of benzene rings is 1. The van der Waals surface area contributed by atoms with Crippen molar-refractivity contribution in [2.24, 2.45) is 0 Å². The standard InChI is InChI=1S/C18H16ClN5O2/c1-9(2)22-18(25)17-16(10-5-6-20-8-14(10)26-17)23-13-4-3-12(19)15-11(13)7-21-24-15/h3-9,23H,1-2H3,(H,21,24)(H,22,25). The molecule has 0 atom stereocenters. The van der Waals surface area contributed by atoms with Gasteiger partial charge in [-0.1, -0.05) is 11.6 Å². The summed E-state index contributed by atoms with van der Waals surface area (Å²) < 4.78 is 5.76. The number of nitrogens with zero attached hydrogens (tertiary/aromatic N) is 2. The van der Waals surface area contributed by atoms with Gasteiger partial charge in [-0.2, -0.15) is 5.10 Å². The fraction of sp³-hybridized carbons (Fsp3) is 0.167. The fourth-order valence-electron chi connectivity index (χ4n) is 2.81. The van der Waals surface area contributed by atoms with E-state index in [1.807, 2.05) is 19.9 Å². The SMILES string of the molecule is CC(C)NC(=O)c1oc2cnccc2c1Nc1ccc(Cl)c2[nH]ncc12. The van der Waals surface area contributed by atoms with Crippen LogP contribution in [0.2, 0.25) is 5.02 Å². The van der Waals surface area contributed by atoms with Crippen LogP contribution in [0.5, 0.6) is 0 Å². The van der Waals surface area contributed by atoms with Crippen molar-refractivity contribution in [1.82, 2.24) is 20.5 Å². The largest absolute Gasteiger partial charge is 0.447 e. The molecule has 7 nitrogen and oxygen atoms in total. The number of pyridine rings is 1. The Balaban J connectivity index is 1.85. The second-order valence-electron chi connectivity index (χ2n) is 6.18. The predicted molar refractivity (Wildman–Crippen MR) is 101 cm³/mol. The average Bonchev–Trinajstić information content (AvgIpc) is 3.23. The lowest BCUT2D eigenvalue weighted by molar-refractivity contribution is 0.0918. The van der Waals surface area contributed by atoms with Crippen LogP contribution in [0.15, 0.2) is 41.2 Å². The van der Waals surface area contributed by atoms with Gasteiger partial charge in [-0.3, -0.25) is 14.9 Å². The van der Waals surface area contributed by atoms with Crippen LogP contribution in [0, 0.1) is 0 Å². The van der Waals surface area contributed by atoms with E-state index in [4.69, 9.17) is 16.0 Å². The maximum absolute atomic E-state index is 12.6. The summed E-state index contributed by atoms with van der Waals surface area (Å²) in [4.78, 5) is 16.7. The van der Waals surface area contributed by atoms with Crippen molar-refractivity contribution in [3.05, 3.63) is 47.6 Å². The highest BCUT2D eigenvalue weighted by atomic mass is 35.5. The third-order valence-corrected chi connectivity index (χ3v) is 4.26. The van der Waals surface area contributed by atoms with Crippen molar-refractivity contribution in [3.8, 4) is 0 Å². The van der Waals surface area contributed by atoms with Crippen molar-refractivity contribution >= 4 is 50.8 Å². The van der Waals surface area contributed by atoms with Gasteiger partial charge < -0.3 is 15.1 Å². The summed E-state index contributed by atoms with van der Waals surface area (Å²) >= 11 is 6.20. The fourth-order valence-corrected chi connectivity index (χ4v) is 3.02. The minimum atomic E-state index is -0.295. The molecule has 0 aliphatic carbocycles. The Morgan fingerprint density at radius 1 is 1.23 bits per heavy atom. The smallest absolute Gasteiger partial charge is 0.289 e. The minimum Gasteiger partial charge on any atom is -0.447 e. The molecule has 0 aliphatic rings. The quantitative estimate of drug-likeness (QED) is 0.500. The average molecular weight is 370 g/mol. The van der Waals surface area contributed by atoms with Crippen LogP contribution in [-0.4, -0.2) is 27.1 Å². The number of fused-ring (bicyclic) bond motifs is 2. The van der Waals surface area contributed by atoms with Gasteiger partial charge in [0, 0.05) is 28.7 Å². The Bertz CT molecular complexity index is 1120. The highest BCUT2D eigenvalue weighted by Gasteiger charge is 2.22. The Morgan fingerprint density at radius 3 is 2.88 bits per heavy atom. The van der Waals surface area contributed by atoms with Crippen LogP contribution in [0.1, 0.15) is 24.4 Å². The number of rotatable bonds is 4. The maximum atomic E-state index is 12.6. The highest BCUT2D eigenvalue weighted by molar-refractivity contribution is 6.35. The summed E-state index contributed by atoms with van der Waals surface area (Å²) in [6, 6.07) is 5.39. The maximum Gasteiger partial charge on any atom is 0.289 e. The van der Waals surface area contributed by atoms with Gasteiger partial charge in [-0.25, -0.2) is 0 Å². The number of carbonyl (C=O) groups is 1. The molecule has 0 saturated heterocycles. The first-order valence-electron chi connectivity index (χ1n) is 8.10. The van der Waals surface area contributed by atoms with Gasteiger partial charge in [0.25, 0.3) is 5.91 Å². The zero-order valence-corrected chi connectivity index (χ0v) is 14.9. The Morgan fingerprint density at radius 2 is 2.08 bits per heavy atom. The number of anilines is 2. The third kappa shape index (κ3) is 2.76. The lowest BCUT2D eigenvalue weighted by Crippen LogP contribution is -2.30. The molecule has 1 amide bonds. The van der Waals surface area contributed by atoms with Gasteiger partial charge in [-0.15, -0.1) is 0 Å². The van der Waals surface area contributed by atoms with E-state index in [1.54, 1.807) is 30.7 Å². The summed E-state index contributed by atoms with van der Waals surface area (Å²) in [6.45, 7) is 3.78. The van der Waals surface area contributed by atoms with E-state index in [2.05, 4.69) is 25.8 Å². The van der Waals surface area contributed by atoms with Gasteiger partial charge in [-0.05, 0) is 32.0 Å². The highest BCUT2D eigenvalue weighted by Crippen LogP contribution is 2.36. The third-order valence-electron chi connectivity index (χ3n) is 3.94. The number of H-pyrrole nitrogens is 1. The molecule has 1 aromatic carbocycles. The predicted octanol–water partition coefficient (Wildman–Crippen LogP) is 4.24. The lowest BCUT2D eigenvalue weighted by Gasteiger charge is -2.10. The summed E-state index contributed by atoms with van der Waals surface area (Å²) in [7, 11) is 0. The number of hydrogen-bond acceptors (Lipinski definition) is 5. The minimum absolute atomic E-state index is 0.0159. The van der Waals surface area contributed by atoms with E-state index in [0.717, 1.165) is 22.0 Å². The van der Waals surface area contributed by atoms with Crippen molar-refractivity contribution in [3.63, 3.8) is 0 Å². The summed E-state index contributed by atoms with van der Waals surface area (Å²) in [5.41, 5.74) is 2.59. The van der Waals surface area contributed by atoms with E-state index in [1.165, 1.54) is 0 Å². The molecule has 0 unspecified atom stereocenters. The molecular formula is C18H16ClN5O2. The number of amides is 1. The molecule has 0 aliphatic heterocycles. The van der Waals surface area contributed by atoms with Crippen LogP contribution < -0.4 is 10.6 Å². The molecule has 0 spiro atoms. The normalized spacial score (nSPS) is 11.4. The van der Waals surface area contributed by atoms with E-state index < -0.39 is 0 Å². The number of nitrogens with one attached hydrogen (secondary N) is 3. The second-order valence-corrected chi connectivity index (χ2v) is 6.59. The van der Waals surface area contributed by atoms with Gasteiger partial charge in [0.05, 0.1) is 28.6 Å². The molecule has 0 saturated carbocycles. The molecule has 132 valence electrons. The summed E-state index contributed by atoms with van der Waals surface area (Å²) in [5.74, 6) is -0.0932. The van der Waals surface area contributed by atoms with Crippen LogP contribution in [0.25, 0.3) is 21.9 Å². The van der Waals surface area contributed by atoms with Gasteiger partial charge in [0.15, 0.2) is 5.58 Å². The molecule has 26 heavy (non-hydrogen) atoms. The van der Waals surface area contributed by atoms with E-state index in [9.17, 15) is 4.79 Å². The topological polar surface area (TPSA) is 95.8 Å². The zero-order valence-electron chi connectivity index (χ0n) is 14.1. The molecule has 8 heteroatoms. The number of carbonyl (C=O) groups excluding carboxylic acids is 1. The molecule has 4 aromatic rings. The first-order chi connectivity index (χ1) is 12.5. The lowest BCUT2D eigenvalue weighted by atomic mass is 10.2. The first kappa shape index (κ1) is 16.4. The van der Waals surface area contributed by atoms with Gasteiger partial charge in [0.2, 0.25) is 5.76 Å². The zero-order chi connectivity index (χ0) is 18.3. The summed E-state index contributed by atoms with van der Waals surface area (Å²) in [5, 5.41) is 15.2. The number of furan rings is 1. The van der Waals surface area contributed by atoms with E-state index >= 15 is 0 Å². The molecule has 3 heterocycles. The van der Waals surface area contributed by atoms with Crippen LogP contribution >= 0.6 is 11.6 Å². The first-order valence-corrected chi connectivity index (χ1v) is 8.48. The van der Waals surface area contributed by atoms with E-state index in [-0.39, 0.29) is 17.7 Å². The van der Waals surface area contributed by atoms with Gasteiger partial charge >= 0.3 is 0 Å². The van der Waals surface area contributed by atoms with Crippen molar-refractivity contribution in [2.75, 3.05) is 5.32 Å². The molecule has 3 aromatic heterocycles. The molecule has 0 radical (unpaired) electrons. The number of aromatic nitrogens is 3.